The van der Waals surface area contributed by atoms with Crippen molar-refractivity contribution in [3.8, 4) is 5.88 Å². The molecule has 0 amide bonds. The van der Waals surface area contributed by atoms with Gasteiger partial charge in [-0.25, -0.2) is 0 Å². The molecule has 0 saturated heterocycles. The van der Waals surface area contributed by atoms with Crippen molar-refractivity contribution >= 4 is 21.0 Å². The highest BCUT2D eigenvalue weighted by molar-refractivity contribution is 7.85. The number of H-pyrrole nitrogens is 1. The standard InChI is InChI=1S/C9H9NO4S/c11-9-4-7-6(5-15(12,13)14)2-1-3-8(7)10-9/h1-4,10-11H,5H2,(H,12,13,14). The molecule has 3 N–H and O–H groups in total. The number of nitrogens with one attached hydrogen (secondary N) is 1. The molecule has 2 aromatic rings. The first-order valence-electron chi connectivity index (χ1n) is 4.20. The minimum absolute atomic E-state index is 0.0345. The molecule has 15 heavy (non-hydrogen) atoms. The molecule has 0 fully saturated rings. The van der Waals surface area contributed by atoms with E-state index >= 15 is 0 Å². The van der Waals surface area contributed by atoms with Crippen LogP contribution in [0.5, 0.6) is 5.88 Å². The zero-order chi connectivity index (χ0) is 11.1. The number of hydrogen-bond acceptors (Lipinski definition) is 3. The number of aromatic amines is 1. The van der Waals surface area contributed by atoms with Crippen LogP contribution >= 0.6 is 0 Å². The van der Waals surface area contributed by atoms with Gasteiger partial charge in [0.2, 0.25) is 0 Å². The first-order valence-corrected chi connectivity index (χ1v) is 5.81. The van der Waals surface area contributed by atoms with E-state index in [1.165, 1.54) is 6.07 Å². The third-order valence-electron chi connectivity index (χ3n) is 2.08. The van der Waals surface area contributed by atoms with E-state index in [0.29, 0.717) is 16.5 Å². The van der Waals surface area contributed by atoms with Gasteiger partial charge in [0, 0.05) is 17.0 Å². The van der Waals surface area contributed by atoms with Crippen LogP contribution in [-0.4, -0.2) is 23.1 Å². The first kappa shape index (κ1) is 10.0. The summed E-state index contributed by atoms with van der Waals surface area (Å²) < 4.78 is 30.2. The smallest absolute Gasteiger partial charge is 0.269 e. The van der Waals surface area contributed by atoms with Crippen LogP contribution < -0.4 is 0 Å². The molecule has 0 saturated carbocycles. The van der Waals surface area contributed by atoms with Crippen LogP contribution in [-0.2, 0) is 15.9 Å². The number of aromatic nitrogens is 1. The lowest BCUT2D eigenvalue weighted by Gasteiger charge is -1.99. The average Bonchev–Trinajstić information content (AvgIpc) is 2.43. The molecule has 0 aliphatic rings. The molecular weight excluding hydrogens is 218 g/mol. The Bertz CT molecular complexity index is 600. The van der Waals surface area contributed by atoms with Gasteiger partial charge in [0.25, 0.3) is 10.1 Å². The predicted molar refractivity (Wildman–Crippen MR) is 55.2 cm³/mol. The molecule has 0 aliphatic carbocycles. The lowest BCUT2D eigenvalue weighted by molar-refractivity contribution is 0.458. The van der Waals surface area contributed by atoms with Gasteiger partial charge in [-0.3, -0.25) is 4.55 Å². The Kier molecular flexibility index (Phi) is 2.17. The third kappa shape index (κ3) is 2.11. The SMILES string of the molecule is O=S(=O)(O)Cc1cccc2[nH]c(O)cc12. The highest BCUT2D eigenvalue weighted by Gasteiger charge is 2.11. The zero-order valence-electron chi connectivity index (χ0n) is 7.64. The quantitative estimate of drug-likeness (QED) is 0.674. The van der Waals surface area contributed by atoms with Gasteiger partial charge in [0.1, 0.15) is 5.75 Å². The van der Waals surface area contributed by atoms with Crippen LogP contribution in [0.3, 0.4) is 0 Å². The summed E-state index contributed by atoms with van der Waals surface area (Å²) in [5.41, 5.74) is 1.08. The van der Waals surface area contributed by atoms with Crippen LogP contribution in [0.2, 0.25) is 0 Å². The molecule has 5 nitrogen and oxygen atoms in total. The first-order chi connectivity index (χ1) is 6.96. The van der Waals surface area contributed by atoms with Gasteiger partial charge in [-0.05, 0) is 11.6 Å². The van der Waals surface area contributed by atoms with Crippen molar-refractivity contribution in [1.29, 1.82) is 0 Å². The molecule has 0 unspecified atom stereocenters. The van der Waals surface area contributed by atoms with E-state index in [1.54, 1.807) is 18.2 Å². The van der Waals surface area contributed by atoms with E-state index in [2.05, 4.69) is 4.98 Å². The molecule has 2 rings (SSSR count). The fourth-order valence-electron chi connectivity index (χ4n) is 1.53. The molecule has 1 aromatic heterocycles. The number of benzene rings is 1. The van der Waals surface area contributed by atoms with Gasteiger partial charge in [-0.1, -0.05) is 12.1 Å². The Morgan fingerprint density at radius 3 is 2.73 bits per heavy atom. The molecule has 0 aliphatic heterocycles. The molecule has 0 atom stereocenters. The van der Waals surface area contributed by atoms with Gasteiger partial charge in [0.05, 0.1) is 0 Å². The van der Waals surface area contributed by atoms with Crippen LogP contribution in [0.4, 0.5) is 0 Å². The molecule has 1 aromatic carbocycles. The Balaban J connectivity index is 2.60. The van der Waals surface area contributed by atoms with E-state index in [4.69, 9.17) is 4.55 Å². The second-order valence-electron chi connectivity index (χ2n) is 3.26. The topological polar surface area (TPSA) is 90.4 Å². The fraction of sp³-hybridized carbons (Fsp3) is 0.111. The van der Waals surface area contributed by atoms with E-state index in [9.17, 15) is 13.5 Å². The monoisotopic (exact) mass is 227 g/mol. The lowest BCUT2D eigenvalue weighted by atomic mass is 10.1. The molecule has 0 bridgehead atoms. The second-order valence-corrected chi connectivity index (χ2v) is 4.71. The number of hydrogen-bond donors (Lipinski definition) is 3. The van der Waals surface area contributed by atoms with Crippen LogP contribution in [0.1, 0.15) is 5.56 Å². The minimum Gasteiger partial charge on any atom is -0.495 e. The highest BCUT2D eigenvalue weighted by Crippen LogP contribution is 2.24. The Hall–Kier alpha value is -1.53. The van der Waals surface area contributed by atoms with Gasteiger partial charge in [0.15, 0.2) is 5.88 Å². The van der Waals surface area contributed by atoms with Crippen LogP contribution in [0.15, 0.2) is 24.3 Å². The summed E-state index contributed by atoms with van der Waals surface area (Å²) in [6.07, 6.45) is 0. The van der Waals surface area contributed by atoms with Crippen molar-refractivity contribution in [1.82, 2.24) is 4.98 Å². The van der Waals surface area contributed by atoms with Gasteiger partial charge >= 0.3 is 0 Å². The molecular formula is C9H9NO4S. The number of aromatic hydroxyl groups is 1. The summed E-state index contributed by atoms with van der Waals surface area (Å²) in [5, 5.41) is 9.80. The molecule has 6 heteroatoms. The van der Waals surface area contributed by atoms with Crippen molar-refractivity contribution in [2.45, 2.75) is 5.75 Å². The van der Waals surface area contributed by atoms with Crippen molar-refractivity contribution in [3.63, 3.8) is 0 Å². The molecule has 80 valence electrons. The van der Waals surface area contributed by atoms with E-state index < -0.39 is 15.9 Å². The maximum absolute atomic E-state index is 10.7. The normalized spacial score (nSPS) is 12.1. The van der Waals surface area contributed by atoms with Crippen molar-refractivity contribution in [2.75, 3.05) is 0 Å². The Morgan fingerprint density at radius 1 is 1.33 bits per heavy atom. The van der Waals surface area contributed by atoms with Crippen molar-refractivity contribution < 1.29 is 18.1 Å². The summed E-state index contributed by atoms with van der Waals surface area (Å²) in [6.45, 7) is 0. The highest BCUT2D eigenvalue weighted by atomic mass is 32.2. The second kappa shape index (κ2) is 3.25. The molecule has 1 heterocycles. The Labute approximate surface area is 86.1 Å². The largest absolute Gasteiger partial charge is 0.495 e. The van der Waals surface area contributed by atoms with Crippen molar-refractivity contribution in [2.24, 2.45) is 0 Å². The fourth-order valence-corrected chi connectivity index (χ4v) is 2.17. The molecule has 0 spiro atoms. The van der Waals surface area contributed by atoms with Crippen LogP contribution in [0.25, 0.3) is 10.9 Å². The van der Waals surface area contributed by atoms with Gasteiger partial charge < -0.3 is 10.1 Å². The summed E-state index contributed by atoms with van der Waals surface area (Å²) in [4.78, 5) is 2.66. The maximum Gasteiger partial charge on any atom is 0.269 e. The van der Waals surface area contributed by atoms with Crippen molar-refractivity contribution in [3.05, 3.63) is 29.8 Å². The zero-order valence-corrected chi connectivity index (χ0v) is 8.45. The van der Waals surface area contributed by atoms with E-state index in [-0.39, 0.29) is 5.88 Å². The number of fused-ring (bicyclic) bond motifs is 1. The van der Waals surface area contributed by atoms with E-state index in [0.717, 1.165) is 0 Å². The van der Waals surface area contributed by atoms with Gasteiger partial charge in [-0.15, -0.1) is 0 Å². The summed E-state index contributed by atoms with van der Waals surface area (Å²) >= 11 is 0. The van der Waals surface area contributed by atoms with Gasteiger partial charge in [-0.2, -0.15) is 8.42 Å². The minimum atomic E-state index is -4.05. The van der Waals surface area contributed by atoms with E-state index in [1.807, 2.05) is 0 Å². The lowest BCUT2D eigenvalue weighted by Crippen LogP contribution is -2.01. The maximum atomic E-state index is 10.7. The third-order valence-corrected chi connectivity index (χ3v) is 2.75. The average molecular weight is 227 g/mol. The Morgan fingerprint density at radius 2 is 2.07 bits per heavy atom. The predicted octanol–water partition coefficient (Wildman–Crippen LogP) is 1.26. The summed E-state index contributed by atoms with van der Waals surface area (Å²) in [6, 6.07) is 6.38. The summed E-state index contributed by atoms with van der Waals surface area (Å²) in [7, 11) is -4.05. The van der Waals surface area contributed by atoms with Crippen LogP contribution in [0, 0.1) is 0 Å². The molecule has 0 radical (unpaired) electrons. The summed E-state index contributed by atoms with van der Waals surface area (Å²) in [5.74, 6) is -0.491. The number of rotatable bonds is 2.